The molecule has 0 unspecified atom stereocenters. The number of carbonyl (C=O) groups is 2. The third-order valence-electron chi connectivity index (χ3n) is 0.414. The van der Waals surface area contributed by atoms with E-state index in [2.05, 4.69) is 0 Å². The molecule has 0 aromatic heterocycles. The molecule has 0 atom stereocenters. The van der Waals surface area contributed by atoms with Gasteiger partial charge in [-0.3, -0.25) is 0 Å². The van der Waals surface area contributed by atoms with Crippen molar-refractivity contribution in [1.29, 1.82) is 0 Å². The summed E-state index contributed by atoms with van der Waals surface area (Å²) in [5.41, 5.74) is 0. The molecule has 0 spiro atoms. The van der Waals surface area contributed by atoms with Crippen molar-refractivity contribution >= 4 is 11.9 Å². The minimum Gasteiger partial charge on any atom is -0.547 e. The topological polar surface area (TPSA) is 80.3 Å². The number of carboxylic acids is 2. The number of carbonyl (C=O) groups excluding carboxylic acids is 2. The fraction of sp³-hybridized carbons (Fsp3) is 0.333. The van der Waals surface area contributed by atoms with E-state index in [9.17, 15) is 24.2 Å². The predicted octanol–water partition coefficient (Wildman–Crippen LogP) is -9.70. The molecule has 0 saturated heterocycles. The zero-order chi connectivity index (χ0) is 6.73. The third kappa shape index (κ3) is 6.32. The molecule has 0 aliphatic carbocycles. The van der Waals surface area contributed by atoms with Crippen molar-refractivity contribution in [1.82, 2.24) is 0 Å². The van der Waals surface area contributed by atoms with Crippen LogP contribution in [-0.4, -0.2) is 18.1 Å². The van der Waals surface area contributed by atoms with Crippen LogP contribution in [0.4, 0.5) is 4.39 Å². The van der Waals surface area contributed by atoms with Crippen LogP contribution in [0.15, 0.2) is 0 Å². The summed E-state index contributed by atoms with van der Waals surface area (Å²) in [4.78, 5) is 18.5. The van der Waals surface area contributed by atoms with Crippen LogP contribution in [0.3, 0.4) is 0 Å². The summed E-state index contributed by atoms with van der Waals surface area (Å²) in [6, 6.07) is 0. The quantitative estimate of drug-likeness (QED) is 0.279. The summed E-state index contributed by atoms with van der Waals surface area (Å²) >= 11 is 0. The largest absolute Gasteiger partial charge is 1.00 e. The van der Waals surface area contributed by atoms with E-state index in [0.717, 1.165) is 0 Å². The average Bonchev–Trinajstić information content (AvgIpc) is 1.64. The zero-order valence-electron chi connectivity index (χ0n) is 5.04. The molecule has 0 heterocycles. The first-order valence-corrected chi connectivity index (χ1v) is 1.61. The smallest absolute Gasteiger partial charge is 0.547 e. The molecule has 0 N–H and O–H groups in total. The molecular weight excluding hydrogens is 253 g/mol. The van der Waals surface area contributed by atoms with E-state index in [0.29, 0.717) is 0 Å². The van der Waals surface area contributed by atoms with E-state index in [1.807, 2.05) is 0 Å². The molecule has 0 fully saturated rings. The van der Waals surface area contributed by atoms with E-state index in [1.54, 1.807) is 0 Å². The standard InChI is InChI=1S/C3H3FO4.H2I.Li/c4-1(2(5)6)3(7)8;;/h1H,(H,5,6)(H,7,8);1H2;/q;2*+1/p-2. The van der Waals surface area contributed by atoms with Crippen LogP contribution < -0.4 is 53.1 Å². The zero-order valence-corrected chi connectivity index (χ0v) is 7.59. The van der Waals surface area contributed by atoms with Crippen molar-refractivity contribution in [2.24, 2.45) is 0 Å². The van der Waals surface area contributed by atoms with Gasteiger partial charge >= 0.3 is 18.9 Å². The Morgan fingerprint density at radius 2 is 1.40 bits per heavy atom. The maximum atomic E-state index is 11.3. The molecule has 4 nitrogen and oxygen atoms in total. The molecular formula is C3H3FILiO4. The van der Waals surface area contributed by atoms with Crippen molar-refractivity contribution in [2.75, 3.05) is 0 Å². The van der Waals surface area contributed by atoms with Crippen LogP contribution in [0.5, 0.6) is 0 Å². The molecule has 0 rings (SSSR count). The van der Waals surface area contributed by atoms with E-state index < -0.39 is 18.1 Å². The summed E-state index contributed by atoms with van der Waals surface area (Å²) in [6.07, 6.45) is -3.02. The average molecular weight is 256 g/mol. The Balaban J connectivity index is -0.000000245. The summed E-state index contributed by atoms with van der Waals surface area (Å²) in [7, 11) is 0. The minimum absolute atomic E-state index is 0. The van der Waals surface area contributed by atoms with Gasteiger partial charge in [-0.15, -0.1) is 0 Å². The van der Waals surface area contributed by atoms with Gasteiger partial charge in [0.15, 0.2) is 6.17 Å². The van der Waals surface area contributed by atoms with Gasteiger partial charge in [-0.25, -0.2) is 4.39 Å². The Morgan fingerprint density at radius 3 is 1.40 bits per heavy atom. The van der Waals surface area contributed by atoms with Crippen LogP contribution in [0.25, 0.3) is 0 Å². The first kappa shape index (κ1) is 16.7. The summed E-state index contributed by atoms with van der Waals surface area (Å²) in [5.74, 6) is -4.57. The maximum Gasteiger partial charge on any atom is 1.00 e. The first-order valence-electron chi connectivity index (χ1n) is 1.61. The van der Waals surface area contributed by atoms with Crippen LogP contribution >= 0.6 is 0 Å². The fourth-order valence-electron chi connectivity index (χ4n) is 0.0962. The summed E-state index contributed by atoms with van der Waals surface area (Å²) in [5, 5.41) is 18.5. The van der Waals surface area contributed by atoms with Crippen LogP contribution in [0.2, 0.25) is 0 Å². The van der Waals surface area contributed by atoms with Gasteiger partial charge in [0.05, 0.1) is 11.9 Å². The van der Waals surface area contributed by atoms with Gasteiger partial charge < -0.3 is 19.8 Å². The van der Waals surface area contributed by atoms with Gasteiger partial charge in [0.25, 0.3) is 0 Å². The number of halogens is 2. The van der Waals surface area contributed by atoms with Crippen molar-refractivity contribution in [3.8, 4) is 0 Å². The second-order valence-electron chi connectivity index (χ2n) is 1.00. The van der Waals surface area contributed by atoms with Crippen molar-refractivity contribution in [3.05, 3.63) is 0 Å². The van der Waals surface area contributed by atoms with Crippen molar-refractivity contribution in [3.63, 3.8) is 0 Å². The van der Waals surface area contributed by atoms with Gasteiger partial charge in [0.2, 0.25) is 24.0 Å². The van der Waals surface area contributed by atoms with Crippen molar-refractivity contribution in [2.45, 2.75) is 6.17 Å². The summed E-state index contributed by atoms with van der Waals surface area (Å²) in [6.45, 7) is 0. The molecule has 7 heteroatoms. The number of hydrogen-bond acceptors (Lipinski definition) is 4. The van der Waals surface area contributed by atoms with Crippen molar-refractivity contribution < 1.29 is 67.0 Å². The molecule has 0 radical (unpaired) electrons. The normalized spacial score (nSPS) is 7.40. The second-order valence-corrected chi connectivity index (χ2v) is 1.00. The summed E-state index contributed by atoms with van der Waals surface area (Å²) < 4.78 is 11.3. The molecule has 0 aliphatic heterocycles. The Hall–Kier alpha value is 0.197. The van der Waals surface area contributed by atoms with Gasteiger partial charge in [-0.2, -0.15) is 0 Å². The Labute approximate surface area is 85.0 Å². The first-order chi connectivity index (χ1) is 3.55. The van der Waals surface area contributed by atoms with E-state index in [1.165, 1.54) is 0 Å². The number of hydrogen-bond donors (Lipinski definition) is 0. The Kier molecular flexibility index (Phi) is 12.2. The molecule has 0 aromatic carbocycles. The molecule has 0 aromatic rings. The Morgan fingerprint density at radius 1 is 1.20 bits per heavy atom. The predicted molar refractivity (Wildman–Crippen MR) is 17.7 cm³/mol. The SMILES string of the molecule is O=C([O-])C(F)C(=O)[O-].[IH2+].[Li+]. The third-order valence-corrected chi connectivity index (χ3v) is 0.414. The number of rotatable bonds is 2. The second kappa shape index (κ2) is 7.31. The van der Waals surface area contributed by atoms with E-state index >= 15 is 0 Å². The monoisotopic (exact) mass is 256 g/mol. The van der Waals surface area contributed by atoms with Gasteiger partial charge in [-0.1, -0.05) is 0 Å². The van der Waals surface area contributed by atoms with Gasteiger partial charge in [0, 0.05) is 0 Å². The minimum atomic E-state index is -3.02. The molecule has 54 valence electrons. The number of aliphatic carboxylic acids is 2. The maximum absolute atomic E-state index is 11.3. The molecule has 0 aliphatic rings. The fourth-order valence-corrected chi connectivity index (χ4v) is 0.0962. The van der Waals surface area contributed by atoms with E-state index in [4.69, 9.17) is 0 Å². The van der Waals surface area contributed by atoms with E-state index in [-0.39, 0.29) is 42.8 Å². The molecule has 0 amide bonds. The molecule has 0 saturated carbocycles. The van der Waals surface area contributed by atoms with Crippen LogP contribution in [-0.2, 0) is 9.59 Å². The molecule has 0 bridgehead atoms. The number of alkyl halides is 1. The number of carboxylic acid groups (broad SMARTS) is 2. The Bertz CT molecular complexity index is 116. The van der Waals surface area contributed by atoms with Gasteiger partial charge in [-0.05, 0) is 0 Å². The molecule has 10 heavy (non-hydrogen) atoms. The van der Waals surface area contributed by atoms with Crippen LogP contribution in [0.1, 0.15) is 0 Å². The van der Waals surface area contributed by atoms with Gasteiger partial charge in [0.1, 0.15) is 0 Å². The van der Waals surface area contributed by atoms with Crippen LogP contribution in [0, 0.1) is 0 Å².